The molecule has 1 unspecified atom stereocenters. The van der Waals surface area contributed by atoms with Gasteiger partial charge in [-0.3, -0.25) is 0 Å². The van der Waals surface area contributed by atoms with Crippen LogP contribution in [-0.4, -0.2) is 49.1 Å². The van der Waals surface area contributed by atoms with Crippen LogP contribution in [0.2, 0.25) is 0 Å². The standard InChI is InChI=1S/C15H32N2/c1-5-15(9-12-16(4)14(2)3)13-17-10-7-6-8-11-17/h14-15H,5-13H2,1-4H3. The fourth-order valence-electron chi connectivity index (χ4n) is 2.58. The minimum absolute atomic E-state index is 0.683. The molecule has 2 heteroatoms. The lowest BCUT2D eigenvalue weighted by atomic mass is 9.99. The van der Waals surface area contributed by atoms with Gasteiger partial charge in [-0.15, -0.1) is 0 Å². The van der Waals surface area contributed by atoms with Gasteiger partial charge in [0.15, 0.2) is 0 Å². The quantitative estimate of drug-likeness (QED) is 0.674. The molecule has 0 radical (unpaired) electrons. The summed E-state index contributed by atoms with van der Waals surface area (Å²) in [4.78, 5) is 5.16. The highest BCUT2D eigenvalue weighted by Crippen LogP contribution is 2.16. The van der Waals surface area contributed by atoms with Crippen molar-refractivity contribution in [2.45, 2.75) is 58.9 Å². The Labute approximate surface area is 108 Å². The van der Waals surface area contributed by atoms with Gasteiger partial charge in [-0.2, -0.15) is 0 Å². The molecule has 0 saturated carbocycles. The molecule has 0 amide bonds. The van der Waals surface area contributed by atoms with Gasteiger partial charge in [0.1, 0.15) is 0 Å². The summed E-state index contributed by atoms with van der Waals surface area (Å²) in [5, 5.41) is 0. The lowest BCUT2D eigenvalue weighted by molar-refractivity contribution is 0.173. The molecule has 1 rings (SSSR count). The van der Waals surface area contributed by atoms with Crippen LogP contribution >= 0.6 is 0 Å². The van der Waals surface area contributed by atoms with Crippen molar-refractivity contribution in [3.63, 3.8) is 0 Å². The Hall–Kier alpha value is -0.0800. The first kappa shape index (κ1) is 15.0. The average Bonchev–Trinajstić information content (AvgIpc) is 2.35. The van der Waals surface area contributed by atoms with E-state index in [-0.39, 0.29) is 0 Å². The molecule has 0 bridgehead atoms. The summed E-state index contributed by atoms with van der Waals surface area (Å²) in [6.07, 6.45) is 6.98. The smallest absolute Gasteiger partial charge is 0.00355 e. The number of nitrogens with zero attached hydrogens (tertiary/aromatic N) is 2. The van der Waals surface area contributed by atoms with Crippen molar-refractivity contribution in [2.24, 2.45) is 5.92 Å². The Bertz CT molecular complexity index is 185. The molecule has 1 fully saturated rings. The van der Waals surface area contributed by atoms with E-state index in [2.05, 4.69) is 37.6 Å². The van der Waals surface area contributed by atoms with Crippen molar-refractivity contribution in [3.05, 3.63) is 0 Å². The molecule has 1 aliphatic heterocycles. The summed E-state index contributed by atoms with van der Waals surface area (Å²) in [7, 11) is 2.25. The molecule has 17 heavy (non-hydrogen) atoms. The van der Waals surface area contributed by atoms with Crippen LogP contribution < -0.4 is 0 Å². The summed E-state index contributed by atoms with van der Waals surface area (Å²) in [5.74, 6) is 0.897. The van der Waals surface area contributed by atoms with E-state index in [4.69, 9.17) is 0 Å². The zero-order valence-electron chi connectivity index (χ0n) is 12.4. The maximum atomic E-state index is 2.69. The van der Waals surface area contributed by atoms with Crippen molar-refractivity contribution in [2.75, 3.05) is 33.2 Å². The van der Waals surface area contributed by atoms with Gasteiger partial charge in [-0.05, 0) is 65.7 Å². The Kier molecular flexibility index (Phi) is 7.14. The summed E-state index contributed by atoms with van der Waals surface area (Å²) in [6.45, 7) is 12.2. The summed E-state index contributed by atoms with van der Waals surface area (Å²) >= 11 is 0. The Morgan fingerprint density at radius 2 is 1.76 bits per heavy atom. The van der Waals surface area contributed by atoms with E-state index in [0.29, 0.717) is 6.04 Å². The van der Waals surface area contributed by atoms with Crippen molar-refractivity contribution >= 4 is 0 Å². The number of hydrogen-bond acceptors (Lipinski definition) is 2. The number of likely N-dealkylation sites (tertiary alicyclic amines) is 1. The van der Waals surface area contributed by atoms with E-state index in [1.54, 1.807) is 0 Å². The maximum absolute atomic E-state index is 2.69. The fourth-order valence-corrected chi connectivity index (χ4v) is 2.58. The third-order valence-corrected chi connectivity index (χ3v) is 4.31. The second-order valence-electron chi connectivity index (χ2n) is 6.00. The van der Waals surface area contributed by atoms with Gasteiger partial charge < -0.3 is 9.80 Å². The molecule has 1 atom stereocenters. The highest BCUT2D eigenvalue weighted by molar-refractivity contribution is 4.70. The largest absolute Gasteiger partial charge is 0.304 e. The van der Waals surface area contributed by atoms with Crippen LogP contribution in [0.15, 0.2) is 0 Å². The van der Waals surface area contributed by atoms with Crippen molar-refractivity contribution in [1.29, 1.82) is 0 Å². The highest BCUT2D eigenvalue weighted by atomic mass is 15.1. The molecular formula is C15H32N2. The van der Waals surface area contributed by atoms with E-state index in [1.165, 1.54) is 58.3 Å². The van der Waals surface area contributed by atoms with Crippen LogP contribution in [-0.2, 0) is 0 Å². The van der Waals surface area contributed by atoms with Crippen molar-refractivity contribution < 1.29 is 0 Å². The second-order valence-corrected chi connectivity index (χ2v) is 6.00. The lowest BCUT2D eigenvalue weighted by Gasteiger charge is -2.31. The molecule has 0 aliphatic carbocycles. The van der Waals surface area contributed by atoms with Gasteiger partial charge in [0.05, 0.1) is 0 Å². The van der Waals surface area contributed by atoms with Gasteiger partial charge in [0.2, 0.25) is 0 Å². The van der Waals surface area contributed by atoms with E-state index < -0.39 is 0 Å². The molecule has 0 N–H and O–H groups in total. The Morgan fingerprint density at radius 3 is 2.29 bits per heavy atom. The minimum Gasteiger partial charge on any atom is -0.304 e. The predicted octanol–water partition coefficient (Wildman–Crippen LogP) is 3.23. The molecule has 2 nitrogen and oxygen atoms in total. The fraction of sp³-hybridized carbons (Fsp3) is 1.00. The van der Waals surface area contributed by atoms with Gasteiger partial charge >= 0.3 is 0 Å². The van der Waals surface area contributed by atoms with E-state index in [1.807, 2.05) is 0 Å². The summed E-state index contributed by atoms with van der Waals surface area (Å²) < 4.78 is 0. The van der Waals surface area contributed by atoms with Gasteiger partial charge in [0, 0.05) is 12.6 Å². The monoisotopic (exact) mass is 240 g/mol. The van der Waals surface area contributed by atoms with E-state index in [0.717, 1.165) is 5.92 Å². The zero-order chi connectivity index (χ0) is 12.7. The normalized spacial score (nSPS) is 20.1. The molecule has 1 heterocycles. The SMILES string of the molecule is CCC(CCN(C)C(C)C)CN1CCCCC1. The molecule has 0 aromatic heterocycles. The summed E-state index contributed by atoms with van der Waals surface area (Å²) in [6, 6.07) is 0.683. The van der Waals surface area contributed by atoms with Gasteiger partial charge in [0.25, 0.3) is 0 Å². The van der Waals surface area contributed by atoms with Crippen LogP contribution in [0, 0.1) is 5.92 Å². The van der Waals surface area contributed by atoms with E-state index >= 15 is 0 Å². The van der Waals surface area contributed by atoms with Gasteiger partial charge in [-0.25, -0.2) is 0 Å². The number of piperidine rings is 1. The molecule has 0 aromatic carbocycles. The third-order valence-electron chi connectivity index (χ3n) is 4.31. The minimum atomic E-state index is 0.683. The molecule has 1 aliphatic rings. The maximum Gasteiger partial charge on any atom is 0.00355 e. The lowest BCUT2D eigenvalue weighted by Crippen LogP contribution is -2.36. The van der Waals surface area contributed by atoms with Crippen LogP contribution in [0.1, 0.15) is 52.9 Å². The number of rotatable bonds is 7. The molecule has 102 valence electrons. The Balaban J connectivity index is 2.22. The topological polar surface area (TPSA) is 6.48 Å². The van der Waals surface area contributed by atoms with Crippen LogP contribution in [0.25, 0.3) is 0 Å². The summed E-state index contributed by atoms with van der Waals surface area (Å²) in [5.41, 5.74) is 0. The number of hydrogen-bond donors (Lipinski definition) is 0. The van der Waals surface area contributed by atoms with Crippen LogP contribution in [0.4, 0.5) is 0 Å². The molecule has 1 saturated heterocycles. The van der Waals surface area contributed by atoms with Crippen molar-refractivity contribution in [3.8, 4) is 0 Å². The van der Waals surface area contributed by atoms with Crippen molar-refractivity contribution in [1.82, 2.24) is 9.80 Å². The highest BCUT2D eigenvalue weighted by Gasteiger charge is 2.16. The average molecular weight is 240 g/mol. The zero-order valence-corrected chi connectivity index (χ0v) is 12.4. The molecule has 0 aromatic rings. The molecule has 0 spiro atoms. The van der Waals surface area contributed by atoms with Crippen LogP contribution in [0.3, 0.4) is 0 Å². The second kappa shape index (κ2) is 8.10. The van der Waals surface area contributed by atoms with E-state index in [9.17, 15) is 0 Å². The van der Waals surface area contributed by atoms with Gasteiger partial charge in [-0.1, -0.05) is 19.8 Å². The Morgan fingerprint density at radius 1 is 1.12 bits per heavy atom. The van der Waals surface area contributed by atoms with Crippen LogP contribution in [0.5, 0.6) is 0 Å². The third kappa shape index (κ3) is 5.87. The molecular weight excluding hydrogens is 208 g/mol. The first-order valence-electron chi connectivity index (χ1n) is 7.56. The first-order valence-corrected chi connectivity index (χ1v) is 7.56. The predicted molar refractivity (Wildman–Crippen MR) is 76.5 cm³/mol. The first-order chi connectivity index (χ1) is 8.13.